The van der Waals surface area contributed by atoms with Crippen LogP contribution in [0.2, 0.25) is 0 Å². The summed E-state index contributed by atoms with van der Waals surface area (Å²) >= 11 is 0. The van der Waals surface area contributed by atoms with Crippen molar-refractivity contribution in [1.82, 2.24) is 10.2 Å². The Hall–Kier alpha value is -1.06. The van der Waals surface area contributed by atoms with E-state index in [1.165, 1.54) is 51.0 Å². The maximum atomic E-state index is 5.32. The lowest BCUT2D eigenvalue weighted by Crippen LogP contribution is -2.42. The number of benzene rings is 1. The lowest BCUT2D eigenvalue weighted by molar-refractivity contribution is 0.271. The zero-order valence-electron chi connectivity index (χ0n) is 13.3. The van der Waals surface area contributed by atoms with Gasteiger partial charge in [0.05, 0.1) is 7.11 Å². The summed E-state index contributed by atoms with van der Waals surface area (Å²) in [6.07, 6.45) is 3.92. The number of nitrogens with one attached hydrogen (secondary N) is 1. The average molecular weight is 288 g/mol. The van der Waals surface area contributed by atoms with Crippen LogP contribution in [0, 0.1) is 5.92 Å². The second-order valence-electron chi connectivity index (χ2n) is 6.60. The van der Waals surface area contributed by atoms with E-state index in [2.05, 4.69) is 35.3 Å². The van der Waals surface area contributed by atoms with Gasteiger partial charge in [-0.2, -0.15) is 0 Å². The van der Waals surface area contributed by atoms with Crippen LogP contribution in [-0.4, -0.2) is 44.2 Å². The zero-order chi connectivity index (χ0) is 14.7. The number of nitrogens with zero attached hydrogens (tertiary/aromatic N) is 1. The Balaban J connectivity index is 1.40. The van der Waals surface area contributed by atoms with Crippen LogP contribution >= 0.6 is 0 Å². The van der Waals surface area contributed by atoms with E-state index in [1.54, 1.807) is 7.11 Å². The van der Waals surface area contributed by atoms with Crippen LogP contribution in [0.15, 0.2) is 24.3 Å². The van der Waals surface area contributed by atoms with Crippen molar-refractivity contribution in [2.75, 3.05) is 33.3 Å². The zero-order valence-corrected chi connectivity index (χ0v) is 13.3. The Morgan fingerprint density at radius 2 is 2.19 bits per heavy atom. The molecular formula is C18H28N2O. The summed E-state index contributed by atoms with van der Waals surface area (Å²) in [5.74, 6) is 2.56. The molecule has 1 aromatic carbocycles. The second-order valence-corrected chi connectivity index (χ2v) is 6.60. The number of rotatable bonds is 6. The first-order valence-electron chi connectivity index (χ1n) is 8.38. The number of hydrogen-bond acceptors (Lipinski definition) is 3. The molecule has 1 aliphatic heterocycles. The third-order valence-corrected chi connectivity index (χ3v) is 5.22. The minimum Gasteiger partial charge on any atom is -0.497 e. The van der Waals surface area contributed by atoms with E-state index in [1.807, 2.05) is 6.07 Å². The van der Waals surface area contributed by atoms with E-state index in [-0.39, 0.29) is 0 Å². The van der Waals surface area contributed by atoms with Gasteiger partial charge in [-0.25, -0.2) is 0 Å². The van der Waals surface area contributed by atoms with Crippen LogP contribution in [0.4, 0.5) is 0 Å². The second kappa shape index (κ2) is 6.80. The van der Waals surface area contributed by atoms with Crippen LogP contribution in [0.5, 0.6) is 5.75 Å². The maximum Gasteiger partial charge on any atom is 0.119 e. The molecule has 1 aliphatic carbocycles. The van der Waals surface area contributed by atoms with Crippen molar-refractivity contribution in [3.63, 3.8) is 0 Å². The first kappa shape index (κ1) is 14.9. The molecule has 1 N–H and O–H groups in total. The lowest BCUT2D eigenvalue weighted by atomic mass is 9.75. The van der Waals surface area contributed by atoms with Crippen molar-refractivity contribution in [3.05, 3.63) is 29.8 Å². The van der Waals surface area contributed by atoms with E-state index in [4.69, 9.17) is 4.74 Å². The largest absolute Gasteiger partial charge is 0.497 e. The monoisotopic (exact) mass is 288 g/mol. The van der Waals surface area contributed by atoms with Gasteiger partial charge in [0.1, 0.15) is 5.75 Å². The van der Waals surface area contributed by atoms with Crippen LogP contribution in [0.3, 0.4) is 0 Å². The summed E-state index contributed by atoms with van der Waals surface area (Å²) in [4.78, 5) is 2.56. The van der Waals surface area contributed by atoms with E-state index >= 15 is 0 Å². The van der Waals surface area contributed by atoms with Crippen molar-refractivity contribution >= 4 is 0 Å². The van der Waals surface area contributed by atoms with E-state index in [0.717, 1.165) is 17.7 Å². The van der Waals surface area contributed by atoms with Crippen molar-refractivity contribution in [2.24, 2.45) is 5.92 Å². The fourth-order valence-corrected chi connectivity index (χ4v) is 3.65. The SMILES string of the molecule is CCN1CCC(CNC2CC(c3cccc(OC)c3)C2)C1. The minimum atomic E-state index is 0.716. The maximum absolute atomic E-state index is 5.32. The van der Waals surface area contributed by atoms with Gasteiger partial charge in [-0.15, -0.1) is 0 Å². The summed E-state index contributed by atoms with van der Waals surface area (Å²) in [6, 6.07) is 9.28. The first-order chi connectivity index (χ1) is 10.3. The topological polar surface area (TPSA) is 24.5 Å². The van der Waals surface area contributed by atoms with Crippen LogP contribution in [-0.2, 0) is 0 Å². The molecule has 1 unspecified atom stereocenters. The molecule has 1 saturated heterocycles. The average Bonchev–Trinajstić information content (AvgIpc) is 2.94. The van der Waals surface area contributed by atoms with Crippen molar-refractivity contribution < 1.29 is 4.74 Å². The van der Waals surface area contributed by atoms with Crippen molar-refractivity contribution in [3.8, 4) is 5.75 Å². The summed E-state index contributed by atoms with van der Waals surface area (Å²) in [5.41, 5.74) is 1.44. The predicted octanol–water partition coefficient (Wildman–Crippen LogP) is 2.87. The lowest BCUT2D eigenvalue weighted by Gasteiger charge is -2.37. The summed E-state index contributed by atoms with van der Waals surface area (Å²) in [5, 5.41) is 3.78. The van der Waals surface area contributed by atoms with Gasteiger partial charge in [0, 0.05) is 12.6 Å². The molecule has 0 aromatic heterocycles. The van der Waals surface area contributed by atoms with Gasteiger partial charge in [-0.3, -0.25) is 0 Å². The van der Waals surface area contributed by atoms with Gasteiger partial charge in [-0.05, 0) is 68.4 Å². The predicted molar refractivity (Wildman–Crippen MR) is 87.0 cm³/mol. The number of ether oxygens (including phenoxy) is 1. The highest BCUT2D eigenvalue weighted by Crippen LogP contribution is 2.38. The summed E-state index contributed by atoms with van der Waals surface area (Å²) in [7, 11) is 1.74. The fraction of sp³-hybridized carbons (Fsp3) is 0.667. The molecule has 21 heavy (non-hydrogen) atoms. The third-order valence-electron chi connectivity index (χ3n) is 5.22. The third kappa shape index (κ3) is 3.58. The summed E-state index contributed by atoms with van der Waals surface area (Å²) < 4.78 is 5.32. The molecule has 0 bridgehead atoms. The normalized spacial score (nSPS) is 29.3. The van der Waals surface area contributed by atoms with Crippen LogP contribution in [0.1, 0.15) is 37.7 Å². The highest BCUT2D eigenvalue weighted by molar-refractivity contribution is 5.32. The Morgan fingerprint density at radius 1 is 1.33 bits per heavy atom. The smallest absolute Gasteiger partial charge is 0.119 e. The number of hydrogen-bond donors (Lipinski definition) is 1. The van der Waals surface area contributed by atoms with Gasteiger partial charge in [0.25, 0.3) is 0 Å². The van der Waals surface area contributed by atoms with Crippen LogP contribution in [0.25, 0.3) is 0 Å². The molecule has 1 atom stereocenters. The number of methoxy groups -OCH3 is 1. The number of likely N-dealkylation sites (tertiary alicyclic amines) is 1. The van der Waals surface area contributed by atoms with Gasteiger partial charge in [-0.1, -0.05) is 19.1 Å². The molecule has 3 heteroatoms. The van der Waals surface area contributed by atoms with Gasteiger partial charge >= 0.3 is 0 Å². The first-order valence-corrected chi connectivity index (χ1v) is 8.38. The van der Waals surface area contributed by atoms with Gasteiger partial charge in [0.2, 0.25) is 0 Å². The van der Waals surface area contributed by atoms with Crippen LogP contribution < -0.4 is 10.1 Å². The quantitative estimate of drug-likeness (QED) is 0.871. The molecule has 2 fully saturated rings. The Bertz CT molecular complexity index is 456. The Morgan fingerprint density at radius 3 is 2.90 bits per heavy atom. The van der Waals surface area contributed by atoms with Crippen molar-refractivity contribution in [1.29, 1.82) is 0 Å². The molecule has 0 radical (unpaired) electrons. The minimum absolute atomic E-state index is 0.716. The molecular weight excluding hydrogens is 260 g/mol. The Labute approximate surface area is 128 Å². The van der Waals surface area contributed by atoms with Gasteiger partial charge in [0.15, 0.2) is 0 Å². The standard InChI is InChI=1S/C18H28N2O/c1-3-20-8-7-14(13-20)12-19-17-9-16(10-17)15-5-4-6-18(11-15)21-2/h4-6,11,14,16-17,19H,3,7-10,12-13H2,1-2H3. The molecule has 1 aromatic rings. The Kier molecular flexibility index (Phi) is 4.81. The van der Waals surface area contributed by atoms with E-state index in [0.29, 0.717) is 5.92 Å². The molecule has 0 spiro atoms. The molecule has 1 saturated carbocycles. The van der Waals surface area contributed by atoms with Crippen molar-refractivity contribution in [2.45, 2.75) is 38.1 Å². The molecule has 1 heterocycles. The molecule has 3 rings (SSSR count). The molecule has 0 amide bonds. The van der Waals surface area contributed by atoms with E-state index in [9.17, 15) is 0 Å². The fourth-order valence-electron chi connectivity index (χ4n) is 3.65. The molecule has 2 aliphatic rings. The van der Waals surface area contributed by atoms with Gasteiger partial charge < -0.3 is 15.0 Å². The molecule has 3 nitrogen and oxygen atoms in total. The van der Waals surface area contributed by atoms with E-state index < -0.39 is 0 Å². The molecule has 116 valence electrons. The highest BCUT2D eigenvalue weighted by atomic mass is 16.5. The summed E-state index contributed by atoms with van der Waals surface area (Å²) in [6.45, 7) is 7.25. The highest BCUT2D eigenvalue weighted by Gasteiger charge is 2.31.